The molecule has 2 heterocycles. The molecule has 3 aromatic carbocycles. The van der Waals surface area contributed by atoms with Gasteiger partial charge in [-0.2, -0.15) is 0 Å². The number of aliphatic imine (C=N–C) groups is 1. The number of nitrogens with zero attached hydrogens (tertiary/aromatic N) is 3. The summed E-state index contributed by atoms with van der Waals surface area (Å²) in [5.41, 5.74) is 1.97. The van der Waals surface area contributed by atoms with Crippen molar-refractivity contribution >= 4 is 49.3 Å². The van der Waals surface area contributed by atoms with Gasteiger partial charge in [0.2, 0.25) is 0 Å². The molecular weight excluding hydrogens is 702 g/mol. The van der Waals surface area contributed by atoms with Crippen LogP contribution in [0.2, 0.25) is 0 Å². The highest BCUT2D eigenvalue weighted by atomic mass is 35.7. The Kier molecular flexibility index (Phi) is 12.1. The van der Waals surface area contributed by atoms with Crippen LogP contribution in [0.1, 0.15) is 62.8 Å². The van der Waals surface area contributed by atoms with Gasteiger partial charge in [-0.3, -0.25) is 14.6 Å². The Morgan fingerprint density at radius 1 is 0.942 bits per heavy atom. The van der Waals surface area contributed by atoms with E-state index in [2.05, 4.69) is 15.6 Å². The molecule has 2 amide bonds. The van der Waals surface area contributed by atoms with Crippen LogP contribution in [-0.4, -0.2) is 61.6 Å². The minimum Gasteiger partial charge on any atom is -0.444 e. The molecule has 0 bridgehead atoms. The standard InChI is InChI=1S/C39H42ClN5O6S/c1-5-22-45(50-23-21-41-37(47)51-38(2,3)4)36(46)28-24-29-27-42-35(52(40,48)49)26-33(29)43-34(25-28)44-39(30-15-9-6-10-16-30,31-17-11-7-12-18-31)32-19-13-8-14-20-32/h6-20,24,26-27H,5,21-23,25H2,1-4H3,(H,41,47)(H,43,44). The molecule has 0 saturated carbocycles. The number of halogens is 1. The quantitative estimate of drug-likeness (QED) is 0.0668. The lowest BCUT2D eigenvalue weighted by atomic mass is 9.77. The van der Waals surface area contributed by atoms with Crippen LogP contribution in [0.5, 0.6) is 0 Å². The third kappa shape index (κ3) is 9.44. The lowest BCUT2D eigenvalue weighted by Crippen LogP contribution is -2.38. The number of carbonyl (C=O) groups is 2. The van der Waals surface area contributed by atoms with E-state index in [9.17, 15) is 18.0 Å². The van der Waals surface area contributed by atoms with E-state index in [-0.39, 0.29) is 31.1 Å². The number of ether oxygens (including phenoxy) is 1. The number of nitrogens with one attached hydrogen (secondary N) is 2. The van der Waals surface area contributed by atoms with Gasteiger partial charge < -0.3 is 15.4 Å². The first kappa shape index (κ1) is 38.2. The van der Waals surface area contributed by atoms with Crippen molar-refractivity contribution < 1.29 is 27.6 Å². The minimum absolute atomic E-state index is 0.00563. The van der Waals surface area contributed by atoms with Crippen molar-refractivity contribution in [3.8, 4) is 0 Å². The molecule has 0 fully saturated rings. The van der Waals surface area contributed by atoms with Crippen LogP contribution >= 0.6 is 10.7 Å². The van der Waals surface area contributed by atoms with Gasteiger partial charge in [0, 0.05) is 53.6 Å². The highest BCUT2D eigenvalue weighted by Crippen LogP contribution is 2.42. The Bertz CT molecular complexity index is 1940. The molecule has 5 rings (SSSR count). The number of rotatable bonds is 12. The Labute approximate surface area is 309 Å². The number of anilines is 1. The maximum Gasteiger partial charge on any atom is 0.407 e. The minimum atomic E-state index is -4.18. The lowest BCUT2D eigenvalue weighted by Gasteiger charge is -2.33. The van der Waals surface area contributed by atoms with E-state index in [0.717, 1.165) is 16.7 Å². The van der Waals surface area contributed by atoms with Crippen LogP contribution in [0.25, 0.3) is 6.08 Å². The number of fused-ring (bicyclic) bond motifs is 1. The number of hydroxylamine groups is 2. The highest BCUT2D eigenvalue weighted by molar-refractivity contribution is 8.13. The molecule has 0 radical (unpaired) electrons. The summed E-state index contributed by atoms with van der Waals surface area (Å²) >= 11 is 0. The van der Waals surface area contributed by atoms with Crippen LogP contribution in [0.3, 0.4) is 0 Å². The fourth-order valence-corrected chi connectivity index (χ4v) is 6.46. The van der Waals surface area contributed by atoms with E-state index in [4.69, 9.17) is 25.2 Å². The van der Waals surface area contributed by atoms with Crippen molar-refractivity contribution in [1.29, 1.82) is 0 Å². The topological polar surface area (TPSA) is 139 Å². The Balaban J connectivity index is 1.61. The Hall–Kier alpha value is -5.04. The van der Waals surface area contributed by atoms with E-state index in [0.29, 0.717) is 29.1 Å². The monoisotopic (exact) mass is 743 g/mol. The number of hydrogen-bond donors (Lipinski definition) is 2. The summed E-state index contributed by atoms with van der Waals surface area (Å²) in [5, 5.41) is 6.89. The summed E-state index contributed by atoms with van der Waals surface area (Å²) in [6, 6.07) is 30.8. The van der Waals surface area contributed by atoms with Gasteiger partial charge in [0.05, 0.1) is 12.3 Å². The van der Waals surface area contributed by atoms with Gasteiger partial charge in [-0.25, -0.2) is 23.3 Å². The zero-order valence-corrected chi connectivity index (χ0v) is 31.1. The van der Waals surface area contributed by atoms with Crippen LogP contribution < -0.4 is 10.6 Å². The van der Waals surface area contributed by atoms with Crippen molar-refractivity contribution in [2.75, 3.05) is 25.0 Å². The fraction of sp³-hybridized carbons (Fsp3) is 0.282. The maximum absolute atomic E-state index is 14.3. The second kappa shape index (κ2) is 16.5. The van der Waals surface area contributed by atoms with Crippen LogP contribution in [0.4, 0.5) is 10.5 Å². The summed E-state index contributed by atoms with van der Waals surface area (Å²) in [5.74, 6) is -0.0534. The number of carbonyl (C=O) groups excluding carboxylic acids is 2. The van der Waals surface area contributed by atoms with E-state index < -0.39 is 32.2 Å². The molecule has 1 aromatic heterocycles. The first-order valence-electron chi connectivity index (χ1n) is 16.9. The molecule has 0 atom stereocenters. The van der Waals surface area contributed by atoms with Crippen LogP contribution in [0.15, 0.2) is 119 Å². The molecular formula is C39H42ClN5O6S. The van der Waals surface area contributed by atoms with Gasteiger partial charge in [0.25, 0.3) is 15.0 Å². The molecule has 11 nitrogen and oxygen atoms in total. The Morgan fingerprint density at radius 3 is 2.00 bits per heavy atom. The number of pyridine rings is 1. The molecule has 0 saturated heterocycles. The van der Waals surface area contributed by atoms with Gasteiger partial charge in [-0.15, -0.1) is 0 Å². The number of aromatic nitrogens is 1. The van der Waals surface area contributed by atoms with Crippen molar-refractivity contribution in [2.24, 2.45) is 4.99 Å². The number of benzene rings is 3. The molecule has 2 N–H and O–H groups in total. The normalized spacial score (nSPS) is 14.0. The molecule has 4 aromatic rings. The van der Waals surface area contributed by atoms with E-state index in [1.807, 2.05) is 97.9 Å². The Morgan fingerprint density at radius 2 is 1.50 bits per heavy atom. The summed E-state index contributed by atoms with van der Waals surface area (Å²) in [6.07, 6.45) is 3.01. The maximum atomic E-state index is 14.3. The van der Waals surface area contributed by atoms with Crippen molar-refractivity contribution in [2.45, 2.75) is 56.7 Å². The molecule has 0 spiro atoms. The van der Waals surface area contributed by atoms with E-state index in [1.165, 1.54) is 17.3 Å². The van der Waals surface area contributed by atoms with Gasteiger partial charge in [0.1, 0.15) is 17.0 Å². The van der Waals surface area contributed by atoms with Gasteiger partial charge in [-0.05, 0) is 50.0 Å². The fourth-order valence-electron chi connectivity index (χ4n) is 5.77. The highest BCUT2D eigenvalue weighted by Gasteiger charge is 2.37. The third-order valence-corrected chi connectivity index (χ3v) is 9.15. The largest absolute Gasteiger partial charge is 0.444 e. The number of amides is 2. The summed E-state index contributed by atoms with van der Waals surface area (Å²) in [7, 11) is 1.53. The van der Waals surface area contributed by atoms with Crippen LogP contribution in [-0.2, 0) is 29.0 Å². The lowest BCUT2D eigenvalue weighted by molar-refractivity contribution is -0.181. The second-order valence-electron chi connectivity index (χ2n) is 13.1. The zero-order chi connectivity index (χ0) is 37.4. The van der Waals surface area contributed by atoms with Crippen LogP contribution in [0, 0.1) is 0 Å². The predicted octanol–water partition coefficient (Wildman–Crippen LogP) is 7.29. The number of alkyl carbamates (subject to hydrolysis) is 1. The average molecular weight is 744 g/mol. The van der Waals surface area contributed by atoms with E-state index in [1.54, 1.807) is 26.8 Å². The van der Waals surface area contributed by atoms with Gasteiger partial charge in [0.15, 0.2) is 5.03 Å². The summed E-state index contributed by atoms with van der Waals surface area (Å²) < 4.78 is 30.0. The third-order valence-electron chi connectivity index (χ3n) is 7.95. The smallest absolute Gasteiger partial charge is 0.407 e. The van der Waals surface area contributed by atoms with Crippen molar-refractivity contribution in [3.05, 3.63) is 131 Å². The zero-order valence-electron chi connectivity index (χ0n) is 29.5. The number of hydrogen-bond acceptors (Lipinski definition) is 8. The van der Waals surface area contributed by atoms with Crippen molar-refractivity contribution in [1.82, 2.24) is 15.4 Å². The second-order valence-corrected chi connectivity index (χ2v) is 15.6. The number of amidine groups is 1. The first-order valence-corrected chi connectivity index (χ1v) is 19.2. The predicted molar refractivity (Wildman–Crippen MR) is 202 cm³/mol. The molecule has 1 aliphatic heterocycles. The average Bonchev–Trinajstić information content (AvgIpc) is 3.30. The van der Waals surface area contributed by atoms with Crippen molar-refractivity contribution in [3.63, 3.8) is 0 Å². The molecule has 1 aliphatic rings. The summed E-state index contributed by atoms with van der Waals surface area (Å²) in [4.78, 5) is 41.9. The molecule has 13 heteroatoms. The first-order chi connectivity index (χ1) is 24.8. The molecule has 272 valence electrons. The van der Waals surface area contributed by atoms with E-state index >= 15 is 0 Å². The molecule has 0 aliphatic carbocycles. The SMILES string of the molecule is CCCN(OCCNC(=O)OC(C)(C)C)C(=O)C1=Cc2cnc(S(=O)(=O)Cl)cc2NC(=NC(c2ccccc2)(c2ccccc2)c2ccccc2)C1. The van der Waals surface area contributed by atoms with Gasteiger partial charge in [-0.1, -0.05) is 97.9 Å². The van der Waals surface area contributed by atoms with Gasteiger partial charge >= 0.3 is 6.09 Å². The summed E-state index contributed by atoms with van der Waals surface area (Å²) in [6.45, 7) is 7.59. The molecule has 0 unspecified atom stereocenters. The molecule has 52 heavy (non-hydrogen) atoms.